The van der Waals surface area contributed by atoms with Gasteiger partial charge in [0.2, 0.25) is 0 Å². The highest BCUT2D eigenvalue weighted by Crippen LogP contribution is 2.23. The van der Waals surface area contributed by atoms with Gasteiger partial charge in [0, 0.05) is 16.8 Å². The van der Waals surface area contributed by atoms with Crippen LogP contribution in [-0.4, -0.2) is 17.0 Å². The van der Waals surface area contributed by atoms with E-state index in [0.29, 0.717) is 24.1 Å². The Morgan fingerprint density at radius 3 is 2.13 bits per heavy atom. The molecule has 0 unspecified atom stereocenters. The Hall–Kier alpha value is -3.66. The molecule has 3 aromatic rings. The zero-order valence-electron chi connectivity index (χ0n) is 17.2. The van der Waals surface area contributed by atoms with Crippen molar-refractivity contribution in [2.75, 3.05) is 4.90 Å². The van der Waals surface area contributed by atoms with Gasteiger partial charge in [-0.15, -0.1) is 0 Å². The molecule has 4 nitrogen and oxygen atoms in total. The van der Waals surface area contributed by atoms with E-state index in [1.165, 1.54) is 0 Å². The van der Waals surface area contributed by atoms with Gasteiger partial charge in [-0.2, -0.15) is 0 Å². The highest BCUT2D eigenvalue weighted by molar-refractivity contribution is 6.06. The molecule has 1 amide bonds. The van der Waals surface area contributed by atoms with Crippen molar-refractivity contribution < 1.29 is 14.7 Å². The van der Waals surface area contributed by atoms with Gasteiger partial charge in [-0.05, 0) is 60.4 Å². The SMILES string of the molecule is CC/C(=C\c1ccc(N(Cc2ccccc2C)C(=O)c2ccccc2)cc1)C(=O)O. The third-order valence-electron chi connectivity index (χ3n) is 5.06. The van der Waals surface area contributed by atoms with Crippen molar-refractivity contribution in [2.24, 2.45) is 0 Å². The van der Waals surface area contributed by atoms with Crippen molar-refractivity contribution in [3.05, 3.63) is 107 Å². The summed E-state index contributed by atoms with van der Waals surface area (Å²) in [4.78, 5) is 26.3. The Morgan fingerprint density at radius 2 is 1.53 bits per heavy atom. The van der Waals surface area contributed by atoms with Crippen LogP contribution in [0.2, 0.25) is 0 Å². The first-order valence-electron chi connectivity index (χ1n) is 9.95. The van der Waals surface area contributed by atoms with Crippen molar-refractivity contribution >= 4 is 23.6 Å². The quantitative estimate of drug-likeness (QED) is 0.517. The lowest BCUT2D eigenvalue weighted by Crippen LogP contribution is -2.30. The number of hydrogen-bond acceptors (Lipinski definition) is 2. The van der Waals surface area contributed by atoms with Gasteiger partial charge in [0.1, 0.15) is 0 Å². The average Bonchev–Trinajstić information content (AvgIpc) is 2.77. The Labute approximate surface area is 177 Å². The summed E-state index contributed by atoms with van der Waals surface area (Å²) < 4.78 is 0. The first-order chi connectivity index (χ1) is 14.5. The summed E-state index contributed by atoms with van der Waals surface area (Å²) in [5, 5.41) is 9.25. The molecule has 30 heavy (non-hydrogen) atoms. The number of carboxylic acids is 1. The highest BCUT2D eigenvalue weighted by Gasteiger charge is 2.19. The van der Waals surface area contributed by atoms with E-state index in [4.69, 9.17) is 0 Å². The summed E-state index contributed by atoms with van der Waals surface area (Å²) in [5.74, 6) is -0.996. The maximum absolute atomic E-state index is 13.3. The molecule has 0 atom stereocenters. The number of benzene rings is 3. The average molecular weight is 399 g/mol. The lowest BCUT2D eigenvalue weighted by atomic mass is 10.1. The largest absolute Gasteiger partial charge is 0.478 e. The number of anilines is 1. The molecule has 1 N–H and O–H groups in total. The van der Waals surface area contributed by atoms with Crippen LogP contribution in [0.5, 0.6) is 0 Å². The van der Waals surface area contributed by atoms with E-state index in [0.717, 1.165) is 22.4 Å². The molecule has 0 aliphatic heterocycles. The van der Waals surface area contributed by atoms with Gasteiger partial charge < -0.3 is 10.0 Å². The number of amides is 1. The molecule has 0 bridgehead atoms. The molecule has 0 radical (unpaired) electrons. The van der Waals surface area contributed by atoms with E-state index < -0.39 is 5.97 Å². The maximum atomic E-state index is 13.3. The fraction of sp³-hybridized carbons (Fsp3) is 0.154. The van der Waals surface area contributed by atoms with Crippen molar-refractivity contribution in [2.45, 2.75) is 26.8 Å². The number of carbonyl (C=O) groups excluding carboxylic acids is 1. The minimum Gasteiger partial charge on any atom is -0.478 e. The lowest BCUT2D eigenvalue weighted by Gasteiger charge is -2.24. The van der Waals surface area contributed by atoms with Crippen molar-refractivity contribution in [3.8, 4) is 0 Å². The Morgan fingerprint density at radius 1 is 0.900 bits per heavy atom. The van der Waals surface area contributed by atoms with Crippen molar-refractivity contribution in [3.63, 3.8) is 0 Å². The number of carboxylic acid groups (broad SMARTS) is 1. The van der Waals surface area contributed by atoms with E-state index in [9.17, 15) is 14.7 Å². The van der Waals surface area contributed by atoms with E-state index in [-0.39, 0.29) is 5.91 Å². The van der Waals surface area contributed by atoms with Gasteiger partial charge in [-0.25, -0.2) is 4.79 Å². The minimum atomic E-state index is -0.915. The summed E-state index contributed by atoms with van der Waals surface area (Å²) in [6.07, 6.45) is 2.11. The highest BCUT2D eigenvalue weighted by atomic mass is 16.4. The van der Waals surface area contributed by atoms with Gasteiger partial charge in [0.25, 0.3) is 5.91 Å². The van der Waals surface area contributed by atoms with E-state index in [2.05, 4.69) is 0 Å². The number of nitrogens with zero attached hydrogens (tertiary/aromatic N) is 1. The zero-order valence-corrected chi connectivity index (χ0v) is 17.2. The lowest BCUT2D eigenvalue weighted by molar-refractivity contribution is -0.132. The van der Waals surface area contributed by atoms with Crippen LogP contribution < -0.4 is 4.90 Å². The molecule has 3 aromatic carbocycles. The first-order valence-corrected chi connectivity index (χ1v) is 9.95. The van der Waals surface area contributed by atoms with Crippen molar-refractivity contribution in [1.82, 2.24) is 0 Å². The number of aryl methyl sites for hydroxylation is 1. The standard InChI is InChI=1S/C26H25NO3/c1-3-21(26(29)30)17-20-13-15-24(16-14-20)27(18-23-12-8-7-9-19(23)2)25(28)22-10-5-4-6-11-22/h4-17H,3,18H2,1-2H3,(H,29,30)/b21-17+. The monoisotopic (exact) mass is 399 g/mol. The molecule has 0 spiro atoms. The van der Waals surface area contributed by atoms with Crippen LogP contribution in [0.3, 0.4) is 0 Å². The fourth-order valence-electron chi connectivity index (χ4n) is 3.24. The number of hydrogen-bond donors (Lipinski definition) is 1. The second kappa shape index (κ2) is 9.70. The van der Waals surface area contributed by atoms with Crippen molar-refractivity contribution in [1.29, 1.82) is 0 Å². The van der Waals surface area contributed by atoms with E-state index >= 15 is 0 Å². The fourth-order valence-corrected chi connectivity index (χ4v) is 3.24. The molecule has 0 fully saturated rings. The van der Waals surface area contributed by atoms with Crippen LogP contribution in [0.25, 0.3) is 6.08 Å². The Balaban J connectivity index is 1.96. The Kier molecular flexibility index (Phi) is 6.81. The van der Waals surface area contributed by atoms with Crippen LogP contribution in [0.4, 0.5) is 5.69 Å². The number of carbonyl (C=O) groups is 2. The summed E-state index contributed by atoms with van der Waals surface area (Å²) in [6.45, 7) is 4.30. The third-order valence-corrected chi connectivity index (χ3v) is 5.06. The van der Waals surface area contributed by atoms with Gasteiger partial charge in [-0.3, -0.25) is 4.79 Å². The topological polar surface area (TPSA) is 57.6 Å². The van der Waals surface area contributed by atoms with Gasteiger partial charge in [-0.1, -0.05) is 61.5 Å². The van der Waals surface area contributed by atoms with Crippen LogP contribution in [-0.2, 0) is 11.3 Å². The molecular formula is C26H25NO3. The van der Waals surface area contributed by atoms with Crippen LogP contribution in [0, 0.1) is 6.92 Å². The summed E-state index contributed by atoms with van der Waals surface area (Å²) in [7, 11) is 0. The molecule has 0 heterocycles. The summed E-state index contributed by atoms with van der Waals surface area (Å²) >= 11 is 0. The maximum Gasteiger partial charge on any atom is 0.331 e. The molecule has 4 heteroatoms. The first kappa shape index (κ1) is 21.1. The molecule has 0 aliphatic carbocycles. The molecular weight excluding hydrogens is 374 g/mol. The summed E-state index contributed by atoms with van der Waals surface area (Å²) in [6, 6.07) is 24.6. The van der Waals surface area contributed by atoms with E-state index in [1.54, 1.807) is 11.0 Å². The molecule has 152 valence electrons. The zero-order chi connectivity index (χ0) is 21.5. The predicted molar refractivity (Wildman–Crippen MR) is 120 cm³/mol. The second-order valence-electron chi connectivity index (χ2n) is 7.10. The van der Waals surface area contributed by atoms with Gasteiger partial charge >= 0.3 is 5.97 Å². The minimum absolute atomic E-state index is 0.0815. The van der Waals surface area contributed by atoms with Gasteiger partial charge in [0.05, 0.1) is 6.54 Å². The third kappa shape index (κ3) is 5.03. The van der Waals surface area contributed by atoms with Crippen LogP contribution in [0.1, 0.15) is 40.4 Å². The van der Waals surface area contributed by atoms with E-state index in [1.807, 2.05) is 92.7 Å². The predicted octanol–water partition coefficient (Wildman–Crippen LogP) is 5.72. The molecule has 3 rings (SSSR count). The number of rotatable bonds is 7. The Bertz CT molecular complexity index is 1050. The molecule has 0 saturated heterocycles. The molecule has 0 aliphatic rings. The second-order valence-corrected chi connectivity index (χ2v) is 7.10. The van der Waals surface area contributed by atoms with Gasteiger partial charge in [0.15, 0.2) is 0 Å². The summed E-state index contributed by atoms with van der Waals surface area (Å²) in [5.41, 5.74) is 4.72. The smallest absolute Gasteiger partial charge is 0.331 e. The normalized spacial score (nSPS) is 11.2. The number of aliphatic carboxylic acids is 1. The van der Waals surface area contributed by atoms with Crippen LogP contribution in [0.15, 0.2) is 84.4 Å². The molecule has 0 aromatic heterocycles. The van der Waals surface area contributed by atoms with Crippen LogP contribution >= 0.6 is 0 Å². The molecule has 0 saturated carbocycles.